The lowest BCUT2D eigenvalue weighted by atomic mass is 10.0. The molecule has 3 N–H and O–H groups in total. The molecule has 5 nitrogen and oxygen atoms in total. The molecule has 0 aliphatic carbocycles. The first kappa shape index (κ1) is 11.9. The number of pyridine rings is 1. The van der Waals surface area contributed by atoms with Crippen LogP contribution in [0.25, 0.3) is 11.1 Å². The van der Waals surface area contributed by atoms with Crippen LogP contribution in [0.2, 0.25) is 0 Å². The maximum Gasteiger partial charge on any atom is 0.207 e. The first-order valence-electron chi connectivity index (χ1n) is 5.34. The zero-order valence-electron chi connectivity index (χ0n) is 9.50. The van der Waals surface area contributed by atoms with Crippen molar-refractivity contribution in [3.05, 3.63) is 42.2 Å². The van der Waals surface area contributed by atoms with E-state index in [-0.39, 0.29) is 11.5 Å². The summed E-state index contributed by atoms with van der Waals surface area (Å²) in [6.45, 7) is 0.355. The number of rotatable bonds is 4. The summed E-state index contributed by atoms with van der Waals surface area (Å²) in [6, 6.07) is 6.36. The number of carbonyl (C=O) groups excluding carboxylic acids is 1. The van der Waals surface area contributed by atoms with Crippen LogP contribution in [0.1, 0.15) is 5.56 Å². The minimum Gasteiger partial charge on any atom is -0.504 e. The number of aromatic hydroxyl groups is 2. The molecule has 0 radical (unpaired) electrons. The zero-order chi connectivity index (χ0) is 13.0. The van der Waals surface area contributed by atoms with Crippen LogP contribution in [0.5, 0.6) is 11.5 Å². The summed E-state index contributed by atoms with van der Waals surface area (Å²) in [5, 5.41) is 21.3. The minimum atomic E-state index is -0.182. The van der Waals surface area contributed by atoms with E-state index in [1.807, 2.05) is 0 Å². The molecule has 0 aliphatic heterocycles. The Hall–Kier alpha value is -2.56. The fourth-order valence-electron chi connectivity index (χ4n) is 1.69. The summed E-state index contributed by atoms with van der Waals surface area (Å²) in [5.74, 6) is -0.348. The molecular formula is C13H12N2O3. The molecule has 0 spiro atoms. The molecule has 5 heteroatoms. The van der Waals surface area contributed by atoms with Crippen molar-refractivity contribution >= 4 is 6.41 Å². The van der Waals surface area contributed by atoms with Crippen molar-refractivity contribution in [3.63, 3.8) is 0 Å². The van der Waals surface area contributed by atoms with Gasteiger partial charge in [-0.05, 0) is 34.9 Å². The van der Waals surface area contributed by atoms with Gasteiger partial charge in [-0.25, -0.2) is 0 Å². The Bertz CT molecular complexity index is 570. The van der Waals surface area contributed by atoms with Crippen LogP contribution in [0.15, 0.2) is 36.7 Å². The quantitative estimate of drug-likeness (QED) is 0.561. The Morgan fingerprint density at radius 3 is 2.78 bits per heavy atom. The molecule has 0 saturated heterocycles. The molecule has 0 aliphatic rings. The SMILES string of the molecule is O=CNCc1cnccc1-c1ccc(O)c(O)c1. The summed E-state index contributed by atoms with van der Waals surface area (Å²) < 4.78 is 0. The van der Waals surface area contributed by atoms with E-state index in [9.17, 15) is 15.0 Å². The fraction of sp³-hybridized carbons (Fsp3) is 0.0769. The summed E-state index contributed by atoms with van der Waals surface area (Å²) in [4.78, 5) is 14.3. The lowest BCUT2D eigenvalue weighted by molar-refractivity contribution is -0.109. The highest BCUT2D eigenvalue weighted by atomic mass is 16.3. The van der Waals surface area contributed by atoms with Crippen molar-refractivity contribution in [2.75, 3.05) is 0 Å². The van der Waals surface area contributed by atoms with Gasteiger partial charge < -0.3 is 15.5 Å². The molecule has 1 amide bonds. The van der Waals surface area contributed by atoms with Gasteiger partial charge in [0.05, 0.1) is 0 Å². The molecule has 0 fully saturated rings. The molecule has 92 valence electrons. The molecule has 18 heavy (non-hydrogen) atoms. The molecule has 1 aromatic heterocycles. The van der Waals surface area contributed by atoms with Gasteiger partial charge in [0.15, 0.2) is 11.5 Å². The number of hydrogen-bond acceptors (Lipinski definition) is 4. The molecule has 0 atom stereocenters. The Morgan fingerprint density at radius 2 is 2.06 bits per heavy atom. The Morgan fingerprint density at radius 1 is 1.22 bits per heavy atom. The van der Waals surface area contributed by atoms with Gasteiger partial charge in [0.1, 0.15) is 0 Å². The molecule has 1 heterocycles. The molecular weight excluding hydrogens is 232 g/mol. The van der Waals surface area contributed by atoms with E-state index in [1.54, 1.807) is 24.5 Å². The van der Waals surface area contributed by atoms with E-state index in [1.165, 1.54) is 12.1 Å². The summed E-state index contributed by atoms with van der Waals surface area (Å²) in [5.41, 5.74) is 2.42. The highest BCUT2D eigenvalue weighted by Crippen LogP contribution is 2.31. The molecule has 0 bridgehead atoms. The van der Waals surface area contributed by atoms with Crippen LogP contribution in [-0.4, -0.2) is 21.6 Å². The van der Waals surface area contributed by atoms with Gasteiger partial charge in [-0.3, -0.25) is 9.78 Å². The third-order valence-electron chi connectivity index (χ3n) is 2.57. The normalized spacial score (nSPS) is 10.0. The van der Waals surface area contributed by atoms with Gasteiger partial charge in [-0.15, -0.1) is 0 Å². The Kier molecular flexibility index (Phi) is 3.43. The third-order valence-corrected chi connectivity index (χ3v) is 2.57. The van der Waals surface area contributed by atoms with Crippen molar-refractivity contribution in [3.8, 4) is 22.6 Å². The summed E-state index contributed by atoms with van der Waals surface area (Å²) >= 11 is 0. The second kappa shape index (κ2) is 5.18. The molecule has 2 rings (SSSR count). The number of carbonyl (C=O) groups is 1. The minimum absolute atomic E-state index is 0.166. The second-order valence-electron chi connectivity index (χ2n) is 3.74. The lowest BCUT2D eigenvalue weighted by Gasteiger charge is -2.09. The van der Waals surface area contributed by atoms with Gasteiger partial charge in [0.2, 0.25) is 6.41 Å². The molecule has 0 saturated carbocycles. The largest absolute Gasteiger partial charge is 0.504 e. The van der Waals surface area contributed by atoms with Crippen LogP contribution < -0.4 is 5.32 Å². The first-order valence-corrected chi connectivity index (χ1v) is 5.34. The van der Waals surface area contributed by atoms with Crippen molar-refractivity contribution in [1.29, 1.82) is 0 Å². The Balaban J connectivity index is 2.42. The maximum atomic E-state index is 10.3. The first-order chi connectivity index (χ1) is 8.72. The van der Waals surface area contributed by atoms with Crippen LogP contribution in [0.4, 0.5) is 0 Å². The number of phenolic OH excluding ortho intramolecular Hbond substituents is 2. The lowest BCUT2D eigenvalue weighted by Crippen LogP contribution is -2.10. The van der Waals surface area contributed by atoms with Crippen LogP contribution in [0.3, 0.4) is 0 Å². The van der Waals surface area contributed by atoms with Crippen molar-refractivity contribution < 1.29 is 15.0 Å². The number of nitrogens with one attached hydrogen (secondary N) is 1. The maximum absolute atomic E-state index is 10.3. The second-order valence-corrected chi connectivity index (χ2v) is 3.74. The predicted octanol–water partition coefficient (Wildman–Crippen LogP) is 1.41. The van der Waals surface area contributed by atoms with E-state index < -0.39 is 0 Å². The summed E-state index contributed by atoms with van der Waals surface area (Å²) in [7, 11) is 0. The van der Waals surface area contributed by atoms with Crippen molar-refractivity contribution in [1.82, 2.24) is 10.3 Å². The van der Waals surface area contributed by atoms with Crippen LogP contribution >= 0.6 is 0 Å². The van der Waals surface area contributed by atoms with Gasteiger partial charge in [0.25, 0.3) is 0 Å². The third kappa shape index (κ3) is 2.40. The molecule has 0 unspecified atom stereocenters. The number of phenols is 2. The molecule has 1 aromatic carbocycles. The van der Waals surface area contributed by atoms with E-state index in [4.69, 9.17) is 0 Å². The van der Waals surface area contributed by atoms with Gasteiger partial charge >= 0.3 is 0 Å². The fourth-order valence-corrected chi connectivity index (χ4v) is 1.69. The number of nitrogens with zero attached hydrogens (tertiary/aromatic N) is 1. The van der Waals surface area contributed by atoms with Gasteiger partial charge in [-0.1, -0.05) is 6.07 Å². The van der Waals surface area contributed by atoms with Crippen molar-refractivity contribution in [2.24, 2.45) is 0 Å². The number of benzene rings is 1. The predicted molar refractivity (Wildman–Crippen MR) is 65.9 cm³/mol. The highest BCUT2D eigenvalue weighted by Gasteiger charge is 2.07. The average Bonchev–Trinajstić information content (AvgIpc) is 2.40. The highest BCUT2D eigenvalue weighted by molar-refractivity contribution is 5.69. The van der Waals surface area contributed by atoms with Gasteiger partial charge in [0, 0.05) is 18.9 Å². The van der Waals surface area contributed by atoms with E-state index in [0.29, 0.717) is 13.0 Å². The van der Waals surface area contributed by atoms with Gasteiger partial charge in [-0.2, -0.15) is 0 Å². The Labute approximate surface area is 104 Å². The molecule has 2 aromatic rings. The van der Waals surface area contributed by atoms with E-state index in [2.05, 4.69) is 10.3 Å². The monoisotopic (exact) mass is 244 g/mol. The average molecular weight is 244 g/mol. The standard InChI is InChI=1S/C13H12N2O3/c16-8-15-7-10-6-14-4-3-11(10)9-1-2-12(17)13(18)5-9/h1-6,8,17-18H,7H2,(H,15,16). The van der Waals surface area contributed by atoms with Crippen LogP contribution in [0, 0.1) is 0 Å². The van der Waals surface area contributed by atoms with Crippen LogP contribution in [-0.2, 0) is 11.3 Å². The van der Waals surface area contributed by atoms with Crippen molar-refractivity contribution in [2.45, 2.75) is 6.54 Å². The smallest absolute Gasteiger partial charge is 0.207 e. The number of aromatic nitrogens is 1. The summed E-state index contributed by atoms with van der Waals surface area (Å²) in [6.07, 6.45) is 3.89. The topological polar surface area (TPSA) is 82.5 Å². The van der Waals surface area contributed by atoms with E-state index >= 15 is 0 Å². The zero-order valence-corrected chi connectivity index (χ0v) is 9.50. The van der Waals surface area contributed by atoms with E-state index in [0.717, 1.165) is 16.7 Å². The number of amides is 1. The number of hydrogen-bond donors (Lipinski definition) is 3.